The molecule has 2 N–H and O–H groups in total. The van der Waals surface area contributed by atoms with E-state index in [0.29, 0.717) is 0 Å². The van der Waals surface area contributed by atoms with Gasteiger partial charge in [0.15, 0.2) is 11.5 Å². The molecule has 1 atom stereocenters. The predicted molar refractivity (Wildman–Crippen MR) is 66.4 cm³/mol. The van der Waals surface area contributed by atoms with Crippen molar-refractivity contribution in [3.05, 3.63) is 22.8 Å². The molecule has 0 fully saturated rings. The molecule has 0 aliphatic rings. The molecule has 0 heterocycles. The monoisotopic (exact) mass is 223 g/mol. The summed E-state index contributed by atoms with van der Waals surface area (Å²) in [5.74, 6) is 1.59. The van der Waals surface area contributed by atoms with Crippen molar-refractivity contribution in [2.75, 3.05) is 14.2 Å². The van der Waals surface area contributed by atoms with Crippen molar-refractivity contribution < 1.29 is 9.47 Å². The van der Waals surface area contributed by atoms with E-state index in [1.807, 2.05) is 13.0 Å². The first-order valence-corrected chi connectivity index (χ1v) is 5.47. The zero-order chi connectivity index (χ0) is 12.3. The molecule has 0 amide bonds. The van der Waals surface area contributed by atoms with Crippen LogP contribution in [-0.4, -0.2) is 20.3 Å². The number of nitrogens with two attached hydrogens (primary N) is 1. The second-order valence-corrected chi connectivity index (χ2v) is 4.21. The van der Waals surface area contributed by atoms with Crippen molar-refractivity contribution in [3.63, 3.8) is 0 Å². The highest BCUT2D eigenvalue weighted by molar-refractivity contribution is 5.54. The molecule has 3 heteroatoms. The molecule has 90 valence electrons. The van der Waals surface area contributed by atoms with Crippen molar-refractivity contribution in [2.45, 2.75) is 33.2 Å². The Morgan fingerprint density at radius 1 is 1.25 bits per heavy atom. The molecule has 16 heavy (non-hydrogen) atoms. The first-order valence-electron chi connectivity index (χ1n) is 5.47. The SMILES string of the molecule is COc1cc(C)c(C)c(CC(C)N)c1OC. The van der Waals surface area contributed by atoms with Crippen LogP contribution >= 0.6 is 0 Å². The van der Waals surface area contributed by atoms with E-state index in [1.165, 1.54) is 11.1 Å². The van der Waals surface area contributed by atoms with Gasteiger partial charge in [-0.3, -0.25) is 0 Å². The molecule has 0 aromatic heterocycles. The lowest BCUT2D eigenvalue weighted by Gasteiger charge is -2.18. The Morgan fingerprint density at radius 3 is 2.31 bits per heavy atom. The topological polar surface area (TPSA) is 44.5 Å². The maximum atomic E-state index is 5.86. The van der Waals surface area contributed by atoms with Crippen LogP contribution in [0.25, 0.3) is 0 Å². The molecule has 1 aromatic carbocycles. The molecular weight excluding hydrogens is 202 g/mol. The number of methoxy groups -OCH3 is 2. The Morgan fingerprint density at radius 2 is 1.88 bits per heavy atom. The highest BCUT2D eigenvalue weighted by atomic mass is 16.5. The van der Waals surface area contributed by atoms with E-state index in [9.17, 15) is 0 Å². The fourth-order valence-electron chi connectivity index (χ4n) is 1.87. The maximum absolute atomic E-state index is 5.86. The highest BCUT2D eigenvalue weighted by Crippen LogP contribution is 2.35. The third kappa shape index (κ3) is 2.47. The van der Waals surface area contributed by atoms with Crippen LogP contribution in [0.5, 0.6) is 11.5 Å². The van der Waals surface area contributed by atoms with E-state index in [1.54, 1.807) is 14.2 Å². The third-order valence-corrected chi connectivity index (χ3v) is 2.84. The summed E-state index contributed by atoms with van der Waals surface area (Å²) in [6.45, 7) is 6.16. The lowest BCUT2D eigenvalue weighted by molar-refractivity contribution is 0.350. The van der Waals surface area contributed by atoms with Gasteiger partial charge in [0, 0.05) is 11.6 Å². The van der Waals surface area contributed by atoms with E-state index in [4.69, 9.17) is 15.2 Å². The Kier molecular flexibility index (Phi) is 4.19. The maximum Gasteiger partial charge on any atom is 0.164 e. The summed E-state index contributed by atoms with van der Waals surface area (Å²) in [4.78, 5) is 0. The molecule has 1 rings (SSSR count). The van der Waals surface area contributed by atoms with Crippen LogP contribution < -0.4 is 15.2 Å². The zero-order valence-corrected chi connectivity index (χ0v) is 10.8. The second-order valence-electron chi connectivity index (χ2n) is 4.21. The molecule has 0 saturated carbocycles. The predicted octanol–water partition coefficient (Wildman–Crippen LogP) is 2.21. The van der Waals surface area contributed by atoms with Gasteiger partial charge in [-0.2, -0.15) is 0 Å². The van der Waals surface area contributed by atoms with E-state index in [-0.39, 0.29) is 6.04 Å². The molecule has 0 spiro atoms. The third-order valence-electron chi connectivity index (χ3n) is 2.84. The Hall–Kier alpha value is -1.22. The standard InChI is InChI=1S/C13H21NO2/c1-8-6-12(15-4)13(16-5)11(10(8)3)7-9(2)14/h6,9H,7,14H2,1-5H3. The summed E-state index contributed by atoms with van der Waals surface area (Å²) in [6, 6.07) is 2.11. The van der Waals surface area contributed by atoms with Gasteiger partial charge in [-0.1, -0.05) is 0 Å². The molecule has 0 radical (unpaired) electrons. The molecule has 0 saturated heterocycles. The number of hydrogen-bond acceptors (Lipinski definition) is 3. The summed E-state index contributed by atoms with van der Waals surface area (Å²) in [6.07, 6.45) is 0.799. The molecule has 0 aliphatic carbocycles. The van der Waals surface area contributed by atoms with Crippen LogP contribution in [0.1, 0.15) is 23.6 Å². The van der Waals surface area contributed by atoms with Gasteiger partial charge in [0.05, 0.1) is 14.2 Å². The van der Waals surface area contributed by atoms with Crippen LogP contribution in [0.3, 0.4) is 0 Å². The molecule has 0 bridgehead atoms. The Labute approximate surface area is 97.6 Å². The number of hydrogen-bond donors (Lipinski definition) is 1. The van der Waals surface area contributed by atoms with E-state index >= 15 is 0 Å². The van der Waals surface area contributed by atoms with Crippen molar-refractivity contribution in [2.24, 2.45) is 5.73 Å². The van der Waals surface area contributed by atoms with Gasteiger partial charge in [0.25, 0.3) is 0 Å². The number of aryl methyl sites for hydroxylation is 1. The van der Waals surface area contributed by atoms with Gasteiger partial charge < -0.3 is 15.2 Å². The largest absolute Gasteiger partial charge is 0.493 e. The minimum absolute atomic E-state index is 0.110. The molecule has 3 nitrogen and oxygen atoms in total. The normalized spacial score (nSPS) is 12.4. The smallest absolute Gasteiger partial charge is 0.164 e. The average molecular weight is 223 g/mol. The van der Waals surface area contributed by atoms with Gasteiger partial charge in [-0.15, -0.1) is 0 Å². The van der Waals surface area contributed by atoms with Crippen molar-refractivity contribution in [1.82, 2.24) is 0 Å². The number of benzene rings is 1. The fourth-order valence-corrected chi connectivity index (χ4v) is 1.87. The van der Waals surface area contributed by atoms with E-state index in [2.05, 4.69) is 13.8 Å². The van der Waals surface area contributed by atoms with Gasteiger partial charge >= 0.3 is 0 Å². The van der Waals surface area contributed by atoms with E-state index < -0.39 is 0 Å². The summed E-state index contributed by atoms with van der Waals surface area (Å²) in [5.41, 5.74) is 9.44. The summed E-state index contributed by atoms with van der Waals surface area (Å²) < 4.78 is 10.8. The van der Waals surface area contributed by atoms with Gasteiger partial charge in [0.2, 0.25) is 0 Å². The Balaban J connectivity index is 3.34. The molecule has 0 aliphatic heterocycles. The van der Waals surface area contributed by atoms with Crippen molar-refractivity contribution >= 4 is 0 Å². The van der Waals surface area contributed by atoms with Crippen LogP contribution in [0.4, 0.5) is 0 Å². The van der Waals surface area contributed by atoms with Crippen molar-refractivity contribution in [3.8, 4) is 11.5 Å². The lowest BCUT2D eigenvalue weighted by atomic mass is 9.96. The van der Waals surface area contributed by atoms with Crippen LogP contribution in [0.2, 0.25) is 0 Å². The van der Waals surface area contributed by atoms with Gasteiger partial charge in [-0.05, 0) is 44.4 Å². The second kappa shape index (κ2) is 5.21. The lowest BCUT2D eigenvalue weighted by Crippen LogP contribution is -2.19. The number of rotatable bonds is 4. The molecule has 1 unspecified atom stereocenters. The average Bonchev–Trinajstić information content (AvgIpc) is 2.23. The number of ether oxygens (including phenoxy) is 2. The van der Waals surface area contributed by atoms with E-state index in [0.717, 1.165) is 23.5 Å². The summed E-state index contributed by atoms with van der Waals surface area (Å²) in [5, 5.41) is 0. The zero-order valence-electron chi connectivity index (χ0n) is 10.8. The quantitative estimate of drug-likeness (QED) is 0.851. The molecular formula is C13H21NO2. The first-order chi connectivity index (χ1) is 7.51. The van der Waals surface area contributed by atoms with Gasteiger partial charge in [-0.25, -0.2) is 0 Å². The first kappa shape index (κ1) is 12.8. The molecule has 1 aromatic rings. The minimum atomic E-state index is 0.110. The Bertz CT molecular complexity index is 373. The van der Waals surface area contributed by atoms with Crippen LogP contribution in [0, 0.1) is 13.8 Å². The van der Waals surface area contributed by atoms with Crippen LogP contribution in [0.15, 0.2) is 6.07 Å². The van der Waals surface area contributed by atoms with Crippen molar-refractivity contribution in [1.29, 1.82) is 0 Å². The summed E-state index contributed by atoms with van der Waals surface area (Å²) >= 11 is 0. The highest BCUT2D eigenvalue weighted by Gasteiger charge is 2.16. The minimum Gasteiger partial charge on any atom is -0.493 e. The fraction of sp³-hybridized carbons (Fsp3) is 0.538. The summed E-state index contributed by atoms with van der Waals surface area (Å²) in [7, 11) is 3.32. The van der Waals surface area contributed by atoms with Crippen LogP contribution in [-0.2, 0) is 6.42 Å². The van der Waals surface area contributed by atoms with Gasteiger partial charge in [0.1, 0.15) is 0 Å².